The van der Waals surface area contributed by atoms with E-state index in [2.05, 4.69) is 24.1 Å². The van der Waals surface area contributed by atoms with Crippen molar-refractivity contribution in [3.05, 3.63) is 28.8 Å². The Morgan fingerprint density at radius 3 is 2.34 bits per heavy atom. The maximum Gasteiger partial charge on any atom is 0.243 e. The third kappa shape index (κ3) is 6.10. The number of amides is 1. The Bertz CT molecular complexity index is 885. The Hall–Kier alpha value is -1.48. The molecule has 0 radical (unpaired) electrons. The van der Waals surface area contributed by atoms with Gasteiger partial charge in [0.1, 0.15) is 0 Å². The van der Waals surface area contributed by atoms with E-state index in [-0.39, 0.29) is 17.9 Å². The first-order chi connectivity index (χ1) is 15.1. The summed E-state index contributed by atoms with van der Waals surface area (Å²) in [6.07, 6.45) is 1.10. The van der Waals surface area contributed by atoms with Gasteiger partial charge in [-0.2, -0.15) is 4.31 Å². The van der Waals surface area contributed by atoms with Gasteiger partial charge in [0.05, 0.1) is 17.6 Å². The van der Waals surface area contributed by atoms with Gasteiger partial charge in [0.2, 0.25) is 15.9 Å². The van der Waals surface area contributed by atoms with Gasteiger partial charge in [0, 0.05) is 45.2 Å². The van der Waals surface area contributed by atoms with Gasteiger partial charge < -0.3 is 10.1 Å². The Kier molecular flexibility index (Phi) is 8.36. The zero-order valence-corrected chi connectivity index (χ0v) is 21.0. The number of ether oxygens (including phenoxy) is 1. The third-order valence-corrected chi connectivity index (χ3v) is 8.58. The molecule has 2 aliphatic heterocycles. The number of sulfonamides is 1. The number of aryl methyl sites for hydroxylation is 3. The van der Waals surface area contributed by atoms with Crippen LogP contribution in [0, 0.1) is 32.6 Å². The number of hydrogen-bond donors (Lipinski definition) is 1. The second-order valence-corrected chi connectivity index (χ2v) is 11.7. The molecule has 0 aromatic heterocycles. The summed E-state index contributed by atoms with van der Waals surface area (Å²) in [7, 11) is -3.56. The highest BCUT2D eigenvalue weighted by Crippen LogP contribution is 2.28. The molecular formula is C24H39N3O4S. The molecule has 8 heteroatoms. The van der Waals surface area contributed by atoms with Crippen LogP contribution in [0.2, 0.25) is 0 Å². The Morgan fingerprint density at radius 1 is 1.12 bits per heavy atom. The number of carbonyl (C=O) groups is 1. The van der Waals surface area contributed by atoms with Gasteiger partial charge in [-0.15, -0.1) is 0 Å². The minimum atomic E-state index is -3.56. The van der Waals surface area contributed by atoms with Crippen molar-refractivity contribution in [2.45, 2.75) is 58.5 Å². The van der Waals surface area contributed by atoms with Crippen LogP contribution in [0.3, 0.4) is 0 Å². The van der Waals surface area contributed by atoms with Crippen LogP contribution >= 0.6 is 0 Å². The monoisotopic (exact) mass is 465 g/mol. The summed E-state index contributed by atoms with van der Waals surface area (Å²) in [5.41, 5.74) is 2.62. The molecule has 32 heavy (non-hydrogen) atoms. The van der Waals surface area contributed by atoms with Gasteiger partial charge in [0.25, 0.3) is 0 Å². The van der Waals surface area contributed by atoms with Crippen LogP contribution in [0.25, 0.3) is 0 Å². The lowest BCUT2D eigenvalue weighted by Crippen LogP contribution is -2.50. The lowest BCUT2D eigenvalue weighted by atomic mass is 9.97. The van der Waals surface area contributed by atoms with E-state index >= 15 is 0 Å². The maximum atomic E-state index is 13.3. The molecule has 180 valence electrons. The summed E-state index contributed by atoms with van der Waals surface area (Å²) >= 11 is 0. The number of rotatable bonds is 7. The fourth-order valence-electron chi connectivity index (χ4n) is 5.01. The second-order valence-electron chi connectivity index (χ2n) is 9.80. The van der Waals surface area contributed by atoms with Crippen molar-refractivity contribution >= 4 is 15.9 Å². The van der Waals surface area contributed by atoms with Crippen molar-refractivity contribution in [2.24, 2.45) is 11.8 Å². The normalized spacial score (nSPS) is 21.8. The zero-order chi connectivity index (χ0) is 23.5. The number of carbonyl (C=O) groups excluding carboxylic acids is 1. The van der Waals surface area contributed by atoms with E-state index in [9.17, 15) is 13.2 Å². The predicted octanol–water partition coefficient (Wildman–Crippen LogP) is 2.49. The molecule has 1 atom stereocenters. The van der Waals surface area contributed by atoms with Gasteiger partial charge in [-0.3, -0.25) is 9.69 Å². The summed E-state index contributed by atoms with van der Waals surface area (Å²) in [5.74, 6) is 0.462. The van der Waals surface area contributed by atoms with Crippen molar-refractivity contribution in [3.63, 3.8) is 0 Å². The standard InChI is InChI=1S/C24H39N3O4S/c1-17(2)15-26-10-11-31-22(16-26)14-25-24(28)21-6-8-27(9-7-21)32(29,30)23-19(4)12-18(3)13-20(23)5/h12-13,17,21-22H,6-11,14-16H2,1-5H3,(H,25,28)/t22-/m1/s1. The predicted molar refractivity (Wildman–Crippen MR) is 126 cm³/mol. The molecular weight excluding hydrogens is 426 g/mol. The van der Waals surface area contributed by atoms with Crippen LogP contribution in [-0.2, 0) is 19.6 Å². The molecule has 1 N–H and O–H groups in total. The lowest BCUT2D eigenvalue weighted by Gasteiger charge is -2.34. The fraction of sp³-hybridized carbons (Fsp3) is 0.708. The molecule has 0 aliphatic carbocycles. The van der Waals surface area contributed by atoms with Gasteiger partial charge >= 0.3 is 0 Å². The van der Waals surface area contributed by atoms with E-state index in [0.29, 0.717) is 49.9 Å². The summed E-state index contributed by atoms with van der Waals surface area (Å²) in [5, 5.41) is 3.05. The average molecular weight is 466 g/mol. The van der Waals surface area contributed by atoms with Gasteiger partial charge in [0.15, 0.2) is 0 Å². The van der Waals surface area contributed by atoms with E-state index in [1.54, 1.807) is 0 Å². The number of morpholine rings is 1. The summed E-state index contributed by atoms with van der Waals surface area (Å²) in [6, 6.07) is 3.82. The van der Waals surface area contributed by atoms with Crippen LogP contribution in [0.5, 0.6) is 0 Å². The van der Waals surface area contributed by atoms with Gasteiger partial charge in [-0.05, 0) is 50.7 Å². The highest BCUT2D eigenvalue weighted by Gasteiger charge is 2.34. The summed E-state index contributed by atoms with van der Waals surface area (Å²) < 4.78 is 33.9. The molecule has 2 saturated heterocycles. The van der Waals surface area contributed by atoms with Gasteiger partial charge in [-0.25, -0.2) is 8.42 Å². The molecule has 0 saturated carbocycles. The van der Waals surface area contributed by atoms with Gasteiger partial charge in [-0.1, -0.05) is 31.5 Å². The Labute approximate surface area is 193 Å². The summed E-state index contributed by atoms with van der Waals surface area (Å²) in [4.78, 5) is 15.5. The van der Waals surface area contributed by atoms with Crippen LogP contribution in [0.1, 0.15) is 43.4 Å². The van der Waals surface area contributed by atoms with Crippen molar-refractivity contribution in [1.82, 2.24) is 14.5 Å². The van der Waals surface area contributed by atoms with Crippen molar-refractivity contribution < 1.29 is 17.9 Å². The van der Waals surface area contributed by atoms with Crippen molar-refractivity contribution in [3.8, 4) is 0 Å². The summed E-state index contributed by atoms with van der Waals surface area (Å²) in [6.45, 7) is 14.9. The van der Waals surface area contributed by atoms with Crippen LogP contribution in [0.4, 0.5) is 0 Å². The van der Waals surface area contributed by atoms with Crippen molar-refractivity contribution in [2.75, 3.05) is 45.9 Å². The number of benzene rings is 1. The first-order valence-electron chi connectivity index (χ1n) is 11.8. The van der Waals surface area contributed by atoms with Crippen LogP contribution in [-0.4, -0.2) is 75.5 Å². The van der Waals surface area contributed by atoms with Crippen LogP contribution in [0.15, 0.2) is 17.0 Å². The molecule has 7 nitrogen and oxygen atoms in total. The van der Waals surface area contributed by atoms with E-state index in [1.807, 2.05) is 32.9 Å². The molecule has 0 spiro atoms. The highest BCUT2D eigenvalue weighted by atomic mass is 32.2. The molecule has 3 rings (SSSR count). The zero-order valence-electron chi connectivity index (χ0n) is 20.2. The second kappa shape index (κ2) is 10.6. The SMILES string of the molecule is Cc1cc(C)c(S(=O)(=O)N2CCC(C(=O)NC[C@@H]3CN(CC(C)C)CCO3)CC2)c(C)c1. The van der Waals surface area contributed by atoms with Crippen molar-refractivity contribution in [1.29, 1.82) is 0 Å². The minimum absolute atomic E-state index is 0.00864. The largest absolute Gasteiger partial charge is 0.374 e. The molecule has 2 fully saturated rings. The Balaban J connectivity index is 1.51. The molecule has 0 bridgehead atoms. The number of piperidine rings is 1. The lowest BCUT2D eigenvalue weighted by molar-refractivity contribution is -0.127. The molecule has 1 amide bonds. The smallest absolute Gasteiger partial charge is 0.243 e. The third-order valence-electron chi connectivity index (χ3n) is 6.38. The number of nitrogens with one attached hydrogen (secondary N) is 1. The topological polar surface area (TPSA) is 79.0 Å². The molecule has 2 heterocycles. The van der Waals surface area contributed by atoms with E-state index in [0.717, 1.165) is 36.3 Å². The average Bonchev–Trinajstić information content (AvgIpc) is 2.71. The molecule has 2 aliphatic rings. The first-order valence-corrected chi connectivity index (χ1v) is 13.2. The van der Waals surface area contributed by atoms with E-state index < -0.39 is 10.0 Å². The maximum absolute atomic E-state index is 13.3. The number of nitrogens with zero attached hydrogens (tertiary/aromatic N) is 2. The van der Waals surface area contributed by atoms with Crippen LogP contribution < -0.4 is 5.32 Å². The number of hydrogen-bond acceptors (Lipinski definition) is 5. The first kappa shape index (κ1) is 25.1. The van der Waals surface area contributed by atoms with E-state index in [1.165, 1.54) is 4.31 Å². The molecule has 1 aromatic carbocycles. The highest BCUT2D eigenvalue weighted by molar-refractivity contribution is 7.89. The quantitative estimate of drug-likeness (QED) is 0.669. The minimum Gasteiger partial charge on any atom is -0.374 e. The Morgan fingerprint density at radius 2 is 1.75 bits per heavy atom. The molecule has 0 unspecified atom stereocenters. The van der Waals surface area contributed by atoms with E-state index in [4.69, 9.17) is 4.74 Å². The fourth-order valence-corrected chi connectivity index (χ4v) is 6.89. The molecule has 1 aromatic rings.